The third-order valence-electron chi connectivity index (χ3n) is 5.55. The number of carbonyl (C=O) groups excluding carboxylic acids is 1. The summed E-state index contributed by atoms with van der Waals surface area (Å²) in [6.45, 7) is 8.31. The van der Waals surface area contributed by atoms with Gasteiger partial charge in [0.1, 0.15) is 0 Å². The van der Waals surface area contributed by atoms with Crippen LogP contribution < -0.4 is 4.72 Å². The van der Waals surface area contributed by atoms with E-state index in [9.17, 15) is 18.4 Å². The Balaban J connectivity index is 2.14. The number of benzene rings is 1. The molecule has 7 nitrogen and oxygen atoms in total. The molecule has 2 N–H and O–H groups in total. The molecule has 29 heavy (non-hydrogen) atoms. The lowest BCUT2D eigenvalue weighted by atomic mass is 9.90. The van der Waals surface area contributed by atoms with E-state index in [2.05, 4.69) is 18.2 Å². The smallest absolute Gasteiger partial charge is 0.240 e. The Bertz CT molecular complexity index is 795. The normalized spacial score (nSPS) is 23.0. The second kappa shape index (κ2) is 10.3. The van der Waals surface area contributed by atoms with Gasteiger partial charge in [0.05, 0.1) is 11.3 Å². The van der Waals surface area contributed by atoms with Gasteiger partial charge in [-0.15, -0.1) is 6.58 Å². The minimum Gasteiger partial charge on any atom is -0.336 e. The van der Waals surface area contributed by atoms with E-state index < -0.39 is 10.0 Å². The Hall–Kier alpha value is -1.74. The number of sulfonamides is 1. The SMILES string of the molecule is C=CCN(C(=O)Cc1ccc(S(=O)(=O)NC)cc1)C1CC(C)N(O)C(CCC)C1. The minimum absolute atomic E-state index is 0.0172. The Kier molecular flexibility index (Phi) is 8.39. The number of rotatable bonds is 9. The summed E-state index contributed by atoms with van der Waals surface area (Å²) in [5.74, 6) is -0.0204. The molecular formula is C21H33N3O4S. The molecule has 0 radical (unpaired) electrons. The lowest BCUT2D eigenvalue weighted by Gasteiger charge is -2.44. The van der Waals surface area contributed by atoms with Gasteiger partial charge in [0.15, 0.2) is 0 Å². The summed E-state index contributed by atoms with van der Waals surface area (Å²) < 4.78 is 26.0. The molecule has 1 aromatic carbocycles. The average molecular weight is 424 g/mol. The molecule has 1 aliphatic heterocycles. The molecule has 1 saturated heterocycles. The van der Waals surface area contributed by atoms with E-state index in [0.717, 1.165) is 24.8 Å². The molecule has 0 aliphatic carbocycles. The van der Waals surface area contributed by atoms with Gasteiger partial charge in [0.2, 0.25) is 15.9 Å². The van der Waals surface area contributed by atoms with Crippen LogP contribution in [0.15, 0.2) is 41.8 Å². The molecule has 0 bridgehead atoms. The van der Waals surface area contributed by atoms with Crippen LogP contribution >= 0.6 is 0 Å². The Morgan fingerprint density at radius 2 is 2.00 bits per heavy atom. The fourth-order valence-corrected chi connectivity index (χ4v) is 4.72. The molecule has 1 heterocycles. The molecule has 3 unspecified atom stereocenters. The van der Waals surface area contributed by atoms with E-state index in [1.165, 1.54) is 24.2 Å². The van der Waals surface area contributed by atoms with Crippen LogP contribution in [-0.2, 0) is 21.2 Å². The highest BCUT2D eigenvalue weighted by Crippen LogP contribution is 2.28. The Morgan fingerprint density at radius 1 is 1.34 bits per heavy atom. The summed E-state index contributed by atoms with van der Waals surface area (Å²) in [6.07, 6.45) is 5.21. The lowest BCUT2D eigenvalue weighted by molar-refractivity contribution is -0.186. The topological polar surface area (TPSA) is 90.0 Å². The zero-order chi connectivity index (χ0) is 21.6. The van der Waals surface area contributed by atoms with Crippen molar-refractivity contribution in [3.8, 4) is 0 Å². The highest BCUT2D eigenvalue weighted by molar-refractivity contribution is 7.89. The fourth-order valence-electron chi connectivity index (χ4n) is 3.99. The van der Waals surface area contributed by atoms with Crippen molar-refractivity contribution < 1.29 is 18.4 Å². The van der Waals surface area contributed by atoms with Crippen LogP contribution in [0.5, 0.6) is 0 Å². The number of hydroxylamine groups is 2. The number of amides is 1. The molecule has 1 amide bonds. The van der Waals surface area contributed by atoms with Crippen LogP contribution in [0.2, 0.25) is 0 Å². The van der Waals surface area contributed by atoms with Gasteiger partial charge >= 0.3 is 0 Å². The summed E-state index contributed by atoms with van der Waals surface area (Å²) >= 11 is 0. The molecule has 3 atom stereocenters. The Labute approximate surface area is 174 Å². The second-order valence-electron chi connectivity index (χ2n) is 7.66. The van der Waals surface area contributed by atoms with E-state index in [4.69, 9.17) is 0 Å². The quantitative estimate of drug-likeness (QED) is 0.596. The van der Waals surface area contributed by atoms with Crippen molar-refractivity contribution in [3.05, 3.63) is 42.5 Å². The molecule has 1 aliphatic rings. The van der Waals surface area contributed by atoms with Crippen molar-refractivity contribution in [1.82, 2.24) is 14.7 Å². The van der Waals surface area contributed by atoms with Gasteiger partial charge in [0.25, 0.3) is 0 Å². The molecule has 0 saturated carbocycles. The maximum Gasteiger partial charge on any atom is 0.240 e. The highest BCUT2D eigenvalue weighted by atomic mass is 32.2. The average Bonchev–Trinajstić information content (AvgIpc) is 2.70. The molecule has 8 heteroatoms. The first-order chi connectivity index (χ1) is 13.7. The minimum atomic E-state index is -3.50. The van der Waals surface area contributed by atoms with Crippen LogP contribution in [0.25, 0.3) is 0 Å². The first-order valence-electron chi connectivity index (χ1n) is 10.1. The summed E-state index contributed by atoms with van der Waals surface area (Å²) in [5.41, 5.74) is 0.761. The summed E-state index contributed by atoms with van der Waals surface area (Å²) in [6, 6.07) is 6.43. The van der Waals surface area contributed by atoms with Gasteiger partial charge < -0.3 is 10.1 Å². The molecule has 1 aromatic rings. The standard InChI is InChI=1S/C21H33N3O4S/c1-5-7-18-15-19(13-16(3)24(18)26)23(12-6-2)21(25)14-17-8-10-20(11-9-17)29(27,28)22-4/h6,8-11,16,18-19,22,26H,2,5,7,12-15H2,1,3-4H3. The van der Waals surface area contributed by atoms with Crippen LogP contribution in [-0.4, -0.2) is 61.2 Å². The predicted molar refractivity (Wildman–Crippen MR) is 113 cm³/mol. The zero-order valence-electron chi connectivity index (χ0n) is 17.5. The molecule has 2 rings (SSSR count). The van der Waals surface area contributed by atoms with Crippen molar-refractivity contribution in [1.29, 1.82) is 0 Å². The van der Waals surface area contributed by atoms with Crippen molar-refractivity contribution in [3.63, 3.8) is 0 Å². The monoisotopic (exact) mass is 423 g/mol. The molecule has 162 valence electrons. The zero-order valence-corrected chi connectivity index (χ0v) is 18.4. The maximum atomic E-state index is 13.1. The summed E-state index contributed by atoms with van der Waals surface area (Å²) in [7, 11) is -2.13. The van der Waals surface area contributed by atoms with Crippen molar-refractivity contribution in [2.45, 2.75) is 69.0 Å². The predicted octanol–water partition coefficient (Wildman–Crippen LogP) is 2.56. The summed E-state index contributed by atoms with van der Waals surface area (Å²) in [4.78, 5) is 15.1. The highest BCUT2D eigenvalue weighted by Gasteiger charge is 2.36. The van der Waals surface area contributed by atoms with Crippen molar-refractivity contribution >= 4 is 15.9 Å². The number of carbonyl (C=O) groups is 1. The first-order valence-corrected chi connectivity index (χ1v) is 11.6. The molecule has 0 aromatic heterocycles. The van der Waals surface area contributed by atoms with Gasteiger partial charge in [0, 0.05) is 24.7 Å². The number of piperidine rings is 1. The number of nitrogens with zero attached hydrogens (tertiary/aromatic N) is 2. The van der Waals surface area contributed by atoms with E-state index in [-0.39, 0.29) is 35.3 Å². The van der Waals surface area contributed by atoms with Crippen LogP contribution in [0.3, 0.4) is 0 Å². The number of hydrogen-bond donors (Lipinski definition) is 2. The number of hydrogen-bond acceptors (Lipinski definition) is 5. The fraction of sp³-hybridized carbons (Fsp3) is 0.571. The van der Waals surface area contributed by atoms with Gasteiger partial charge in [-0.3, -0.25) is 4.79 Å². The van der Waals surface area contributed by atoms with Crippen molar-refractivity contribution in [2.75, 3.05) is 13.6 Å². The maximum absolute atomic E-state index is 13.1. The second-order valence-corrected chi connectivity index (χ2v) is 9.55. The van der Waals surface area contributed by atoms with Gasteiger partial charge in [-0.2, -0.15) is 5.06 Å². The van der Waals surface area contributed by atoms with E-state index in [1.54, 1.807) is 18.2 Å². The van der Waals surface area contributed by atoms with Crippen LogP contribution in [0.4, 0.5) is 0 Å². The third-order valence-corrected chi connectivity index (χ3v) is 6.98. The van der Waals surface area contributed by atoms with Crippen molar-refractivity contribution in [2.24, 2.45) is 0 Å². The molecular weight excluding hydrogens is 390 g/mol. The van der Waals surface area contributed by atoms with E-state index in [0.29, 0.717) is 13.0 Å². The Morgan fingerprint density at radius 3 is 2.55 bits per heavy atom. The largest absolute Gasteiger partial charge is 0.336 e. The molecule has 0 spiro atoms. The van der Waals surface area contributed by atoms with E-state index >= 15 is 0 Å². The lowest BCUT2D eigenvalue weighted by Crippen LogP contribution is -2.54. The van der Waals surface area contributed by atoms with Gasteiger partial charge in [-0.05, 0) is 50.9 Å². The molecule has 1 fully saturated rings. The van der Waals surface area contributed by atoms with E-state index in [1.807, 2.05) is 11.8 Å². The third kappa shape index (κ3) is 5.88. The van der Waals surface area contributed by atoms with Gasteiger partial charge in [-0.1, -0.05) is 31.6 Å². The summed E-state index contributed by atoms with van der Waals surface area (Å²) in [5, 5.41) is 11.8. The van der Waals surface area contributed by atoms with Crippen LogP contribution in [0.1, 0.15) is 45.1 Å². The van der Waals surface area contributed by atoms with Gasteiger partial charge in [-0.25, -0.2) is 13.1 Å². The number of nitrogens with one attached hydrogen (secondary N) is 1. The first kappa shape index (κ1) is 23.5. The van der Waals surface area contributed by atoms with Crippen LogP contribution in [0, 0.1) is 0 Å².